The molecule has 2 fully saturated rings. The number of ether oxygens (including phenoxy) is 2. The van der Waals surface area contributed by atoms with Crippen LogP contribution in [0.2, 0.25) is 0 Å². The first-order valence-electron chi connectivity index (χ1n) is 18.5. The highest BCUT2D eigenvalue weighted by Gasteiger charge is 2.51. The number of urea groups is 1. The topological polar surface area (TPSA) is 204 Å². The number of likely N-dealkylation sites (tertiary alicyclic amines) is 1. The third-order valence-corrected chi connectivity index (χ3v) is 9.08. The van der Waals surface area contributed by atoms with Gasteiger partial charge in [-0.1, -0.05) is 34.1 Å². The Balaban J connectivity index is 1.74. The van der Waals surface area contributed by atoms with E-state index in [0.717, 1.165) is 12.8 Å². The Morgan fingerprint density at radius 2 is 1.80 bits per heavy atom. The number of nitrogens with one attached hydrogen (secondary N) is 5. The van der Waals surface area contributed by atoms with Gasteiger partial charge >= 0.3 is 6.03 Å². The van der Waals surface area contributed by atoms with Gasteiger partial charge in [-0.25, -0.2) is 14.8 Å². The lowest BCUT2D eigenvalue weighted by molar-refractivity contribution is -0.144. The molecule has 1 saturated heterocycles. The summed E-state index contributed by atoms with van der Waals surface area (Å²) in [6.45, 7) is 14.5. The largest absolute Gasteiger partial charge is 0.497 e. The van der Waals surface area contributed by atoms with Crippen molar-refractivity contribution in [3.05, 3.63) is 24.3 Å². The normalized spacial score (nSPS) is 19.9. The van der Waals surface area contributed by atoms with Crippen molar-refractivity contribution < 1.29 is 33.4 Å². The molecule has 1 aromatic carbocycles. The van der Waals surface area contributed by atoms with Crippen LogP contribution in [0, 0.1) is 10.8 Å². The van der Waals surface area contributed by atoms with Crippen molar-refractivity contribution in [3.8, 4) is 11.5 Å². The molecule has 15 nitrogen and oxygen atoms in total. The lowest BCUT2D eigenvalue weighted by Gasteiger charge is -2.36. The molecular formula is C39H56N8O7. The highest BCUT2D eigenvalue weighted by Crippen LogP contribution is 2.38. The van der Waals surface area contributed by atoms with Gasteiger partial charge in [-0.05, 0) is 64.5 Å². The zero-order valence-corrected chi connectivity index (χ0v) is 32.9. The maximum absolute atomic E-state index is 14.7. The van der Waals surface area contributed by atoms with Gasteiger partial charge in [-0.3, -0.25) is 19.2 Å². The van der Waals surface area contributed by atoms with Crippen LogP contribution < -0.4 is 30.7 Å². The quantitative estimate of drug-likeness (QED) is 0.130. The Morgan fingerprint density at radius 1 is 1.09 bits per heavy atom. The lowest BCUT2D eigenvalue weighted by Crippen LogP contribution is -2.61. The zero-order valence-electron chi connectivity index (χ0n) is 32.9. The monoisotopic (exact) mass is 748 g/mol. The van der Waals surface area contributed by atoms with Crippen molar-refractivity contribution in [2.45, 2.75) is 129 Å². The molecule has 5 amide bonds. The van der Waals surface area contributed by atoms with Crippen molar-refractivity contribution in [2.24, 2.45) is 10.4 Å². The van der Waals surface area contributed by atoms with Crippen LogP contribution in [0.5, 0.6) is 11.5 Å². The van der Waals surface area contributed by atoms with E-state index in [0.29, 0.717) is 41.1 Å². The van der Waals surface area contributed by atoms with Crippen LogP contribution >= 0.6 is 0 Å². The molecule has 15 heteroatoms. The molecule has 0 spiro atoms. The Bertz CT molecular complexity index is 1780. The van der Waals surface area contributed by atoms with E-state index in [9.17, 15) is 24.0 Å². The van der Waals surface area contributed by atoms with Crippen LogP contribution in [-0.2, 0) is 19.2 Å². The third kappa shape index (κ3) is 11.0. The van der Waals surface area contributed by atoms with Crippen LogP contribution in [0.4, 0.5) is 10.6 Å². The number of pyridine rings is 1. The molecule has 2 aromatic rings. The summed E-state index contributed by atoms with van der Waals surface area (Å²) in [5.74, 6) is -1.32. The number of hydrogen-bond donors (Lipinski definition) is 5. The van der Waals surface area contributed by atoms with Gasteiger partial charge in [0.15, 0.2) is 5.82 Å². The molecule has 4 rings (SSSR count). The number of benzene rings is 1. The fourth-order valence-electron chi connectivity index (χ4n) is 6.29. The average molecular weight is 749 g/mol. The van der Waals surface area contributed by atoms with Gasteiger partial charge in [0.2, 0.25) is 17.6 Å². The number of carbonyl (C=O) groups is 5. The van der Waals surface area contributed by atoms with Crippen LogP contribution in [0.1, 0.15) is 93.9 Å². The van der Waals surface area contributed by atoms with Crippen molar-refractivity contribution in [1.82, 2.24) is 31.2 Å². The fraction of sp³-hybridized carbons (Fsp3) is 0.590. The molecule has 5 N–H and O–H groups in total. The predicted molar refractivity (Wildman–Crippen MR) is 207 cm³/mol. The fourth-order valence-corrected chi connectivity index (χ4v) is 6.29. The Hall–Kier alpha value is -5.08. The number of amides is 5. The van der Waals surface area contributed by atoms with Gasteiger partial charge in [0.1, 0.15) is 29.2 Å². The van der Waals surface area contributed by atoms with Gasteiger partial charge in [0.25, 0.3) is 5.91 Å². The number of Topliss-reactive ketones (excluding diaryl/α,β-unsaturated/α-hetero) is 1. The molecule has 294 valence electrons. The van der Waals surface area contributed by atoms with Crippen LogP contribution in [0.3, 0.4) is 0 Å². The zero-order chi connectivity index (χ0) is 40.0. The summed E-state index contributed by atoms with van der Waals surface area (Å²) in [4.78, 5) is 78.6. The van der Waals surface area contributed by atoms with Gasteiger partial charge in [0, 0.05) is 54.4 Å². The average Bonchev–Trinajstić information content (AvgIpc) is 3.83. The van der Waals surface area contributed by atoms with Crippen LogP contribution in [0.15, 0.2) is 29.3 Å². The number of hydrogen-bond acceptors (Lipinski definition) is 10. The summed E-state index contributed by atoms with van der Waals surface area (Å²) in [6, 6.07) is 3.11. The number of aromatic nitrogens is 1. The summed E-state index contributed by atoms with van der Waals surface area (Å²) in [5, 5.41) is 19.2. The van der Waals surface area contributed by atoms with Crippen molar-refractivity contribution in [1.29, 1.82) is 5.41 Å². The number of aliphatic imine (C=N–C) groups is 1. The molecule has 4 atom stereocenters. The number of carbonyl (C=O) groups excluding carboxylic acids is 5. The summed E-state index contributed by atoms with van der Waals surface area (Å²) in [6.07, 6.45) is 5.44. The second kappa shape index (κ2) is 16.9. The number of ketones is 1. The molecule has 1 aliphatic heterocycles. The summed E-state index contributed by atoms with van der Waals surface area (Å²) in [7, 11) is 1.55. The molecule has 54 heavy (non-hydrogen) atoms. The maximum Gasteiger partial charge on any atom is 0.315 e. The Morgan fingerprint density at radius 3 is 2.39 bits per heavy atom. The summed E-state index contributed by atoms with van der Waals surface area (Å²) < 4.78 is 12.2. The van der Waals surface area contributed by atoms with E-state index in [-0.39, 0.29) is 25.4 Å². The first-order valence-corrected chi connectivity index (χ1v) is 18.5. The molecule has 0 radical (unpaired) electrons. The summed E-state index contributed by atoms with van der Waals surface area (Å²) in [5.41, 5.74) is -1.99. The van der Waals surface area contributed by atoms with E-state index in [4.69, 9.17) is 14.9 Å². The second-order valence-corrected chi connectivity index (χ2v) is 16.5. The predicted octanol–water partition coefficient (Wildman–Crippen LogP) is 4.37. The first-order chi connectivity index (χ1) is 25.3. The minimum absolute atomic E-state index is 0.0172. The second-order valence-electron chi connectivity index (χ2n) is 16.5. The van der Waals surface area contributed by atoms with Crippen LogP contribution in [0.25, 0.3) is 10.9 Å². The molecule has 0 unspecified atom stereocenters. The number of nitrogens with zero attached hydrogens (tertiary/aromatic N) is 3. The molecule has 2 heterocycles. The van der Waals surface area contributed by atoms with Crippen molar-refractivity contribution in [2.75, 3.05) is 13.7 Å². The smallest absolute Gasteiger partial charge is 0.315 e. The SMILES string of the molecule is CCC[C@H](NC(=O)[C@@H]1C[C@](C)(Oc2cc(N=CCC=N)nc3cc(OC)ccc23)CN1C(=O)[C@@H](NC(=O)NC(C)(C)C)C(C)(C)C)C(=O)C(=O)NC1CC1. The number of methoxy groups -OCH3 is 1. The molecule has 1 saturated carbocycles. The minimum Gasteiger partial charge on any atom is -0.497 e. The molecular weight excluding hydrogens is 692 g/mol. The van der Waals surface area contributed by atoms with E-state index in [1.54, 1.807) is 44.5 Å². The summed E-state index contributed by atoms with van der Waals surface area (Å²) >= 11 is 0. The number of rotatable bonds is 15. The molecule has 0 bridgehead atoms. The van der Waals surface area contributed by atoms with Crippen molar-refractivity contribution >= 4 is 58.7 Å². The Labute approximate surface area is 317 Å². The maximum atomic E-state index is 14.7. The van der Waals surface area contributed by atoms with E-state index >= 15 is 0 Å². The van der Waals surface area contributed by atoms with E-state index in [1.807, 2.05) is 48.5 Å². The minimum atomic E-state index is -1.16. The van der Waals surface area contributed by atoms with Gasteiger partial charge in [-0.15, -0.1) is 0 Å². The molecule has 2 aliphatic rings. The Kier molecular flexibility index (Phi) is 13.1. The third-order valence-electron chi connectivity index (χ3n) is 9.08. The lowest BCUT2D eigenvalue weighted by atomic mass is 9.85. The van der Waals surface area contributed by atoms with Gasteiger partial charge in [-0.2, -0.15) is 0 Å². The van der Waals surface area contributed by atoms with Crippen LogP contribution in [-0.4, -0.2) is 101 Å². The van der Waals surface area contributed by atoms with E-state index in [2.05, 4.69) is 31.2 Å². The van der Waals surface area contributed by atoms with Gasteiger partial charge in [0.05, 0.1) is 25.2 Å². The molecule has 1 aromatic heterocycles. The van der Waals surface area contributed by atoms with Gasteiger partial charge < -0.3 is 41.1 Å². The first kappa shape index (κ1) is 41.7. The molecule has 1 aliphatic carbocycles. The number of fused-ring (bicyclic) bond motifs is 1. The highest BCUT2D eigenvalue weighted by molar-refractivity contribution is 6.38. The van der Waals surface area contributed by atoms with E-state index < -0.39 is 64.2 Å². The van der Waals surface area contributed by atoms with E-state index in [1.165, 1.54) is 11.1 Å². The standard InChI is InChI=1S/C39H56N8O7/c1-10-12-26(31(48)34(50)42-23-13-14-23)44-33(49)28-21-39(8,22-47(28)35(51)32(37(2,3)4)45-36(52)46-38(5,6)7)54-29-20-30(41-18-11-17-40)43-27-19-24(53-9)15-16-25(27)29/h15-20,23,26,28,32,40H,10-14,21-22H2,1-9H3,(H,42,50)(H,44,49)(H2,45,46,52)/t26-,28-,32+,39-/m0/s1. The highest BCUT2D eigenvalue weighted by atomic mass is 16.5. The van der Waals surface area contributed by atoms with Crippen molar-refractivity contribution in [3.63, 3.8) is 0 Å².